The molecule has 0 spiro atoms. The Morgan fingerprint density at radius 3 is 1.88 bits per heavy atom. The van der Waals surface area contributed by atoms with Crippen LogP contribution in [0.25, 0.3) is 0 Å². The van der Waals surface area contributed by atoms with Gasteiger partial charge in [0, 0.05) is 11.0 Å². The molecule has 3 aromatic carbocycles. The van der Waals surface area contributed by atoms with Gasteiger partial charge in [-0.25, -0.2) is 0 Å². The third-order valence-corrected chi connectivity index (χ3v) is 4.72. The summed E-state index contributed by atoms with van der Waals surface area (Å²) in [6, 6.07) is 23.2. The van der Waals surface area contributed by atoms with Crippen LogP contribution in [-0.4, -0.2) is 18.5 Å². The van der Waals surface area contributed by atoms with Gasteiger partial charge in [0.05, 0.1) is 12.7 Å². The maximum Gasteiger partial charge on any atom is 0.153 e. The van der Waals surface area contributed by atoms with Gasteiger partial charge in [-0.1, -0.05) is 60.7 Å². The SMILES string of the molecule is COc1cc(C=O)c(O)c(C(C)(c2ccccc2)c2ccccc2)c1. The standard InChI is InChI=1S/C22H20O3/c1-22(17-9-5-3-6-10-17,18-11-7-4-8-12-18)20-14-19(25-2)13-16(15-23)21(20)24/h3-15,24H,1-2H3. The van der Waals surface area contributed by atoms with Gasteiger partial charge in [-0.3, -0.25) is 4.79 Å². The number of aldehydes is 1. The van der Waals surface area contributed by atoms with Crippen LogP contribution in [0, 0.1) is 0 Å². The number of aromatic hydroxyl groups is 1. The largest absolute Gasteiger partial charge is 0.507 e. The van der Waals surface area contributed by atoms with E-state index >= 15 is 0 Å². The number of phenols is 1. The first-order valence-corrected chi connectivity index (χ1v) is 8.09. The Morgan fingerprint density at radius 1 is 0.920 bits per heavy atom. The van der Waals surface area contributed by atoms with Crippen molar-refractivity contribution in [3.63, 3.8) is 0 Å². The molecule has 0 atom stereocenters. The van der Waals surface area contributed by atoms with Crippen molar-refractivity contribution in [1.82, 2.24) is 0 Å². The van der Waals surface area contributed by atoms with Gasteiger partial charge in [0.25, 0.3) is 0 Å². The smallest absolute Gasteiger partial charge is 0.153 e. The predicted octanol–water partition coefficient (Wildman–Crippen LogP) is 4.57. The molecule has 3 aromatic rings. The van der Waals surface area contributed by atoms with Crippen LogP contribution in [0.15, 0.2) is 72.8 Å². The minimum atomic E-state index is -0.640. The van der Waals surface area contributed by atoms with E-state index in [1.807, 2.05) is 67.6 Å². The Morgan fingerprint density at radius 2 is 1.44 bits per heavy atom. The second-order valence-electron chi connectivity index (χ2n) is 6.09. The fourth-order valence-corrected chi connectivity index (χ4v) is 3.24. The van der Waals surface area contributed by atoms with Crippen LogP contribution in [0.2, 0.25) is 0 Å². The zero-order valence-electron chi connectivity index (χ0n) is 14.3. The van der Waals surface area contributed by atoms with Crippen molar-refractivity contribution in [2.45, 2.75) is 12.3 Å². The summed E-state index contributed by atoms with van der Waals surface area (Å²) in [5.74, 6) is 0.513. The molecule has 0 aliphatic rings. The molecule has 0 aromatic heterocycles. The van der Waals surface area contributed by atoms with E-state index in [1.54, 1.807) is 19.2 Å². The summed E-state index contributed by atoms with van der Waals surface area (Å²) in [4.78, 5) is 11.4. The van der Waals surface area contributed by atoms with Crippen LogP contribution in [-0.2, 0) is 5.41 Å². The molecule has 0 aliphatic carbocycles. The van der Waals surface area contributed by atoms with Gasteiger partial charge >= 0.3 is 0 Å². The van der Waals surface area contributed by atoms with E-state index in [1.165, 1.54) is 0 Å². The predicted molar refractivity (Wildman–Crippen MR) is 98.5 cm³/mol. The highest BCUT2D eigenvalue weighted by molar-refractivity contribution is 5.82. The topological polar surface area (TPSA) is 46.5 Å². The van der Waals surface area contributed by atoms with Crippen LogP contribution in [0.1, 0.15) is 34.0 Å². The molecular formula is C22H20O3. The summed E-state index contributed by atoms with van der Waals surface area (Å²) in [6.45, 7) is 2.04. The molecule has 0 saturated heterocycles. The molecule has 0 fully saturated rings. The third-order valence-electron chi connectivity index (χ3n) is 4.72. The van der Waals surface area contributed by atoms with Crippen molar-refractivity contribution in [2.75, 3.05) is 7.11 Å². The first-order valence-electron chi connectivity index (χ1n) is 8.09. The van der Waals surface area contributed by atoms with E-state index in [-0.39, 0.29) is 11.3 Å². The lowest BCUT2D eigenvalue weighted by Gasteiger charge is -2.33. The summed E-state index contributed by atoms with van der Waals surface area (Å²) in [7, 11) is 1.55. The monoisotopic (exact) mass is 332 g/mol. The minimum absolute atomic E-state index is 0.0222. The molecule has 0 amide bonds. The zero-order valence-corrected chi connectivity index (χ0v) is 14.3. The third kappa shape index (κ3) is 2.89. The molecule has 0 bridgehead atoms. The number of carbonyl (C=O) groups is 1. The summed E-state index contributed by atoms with van der Waals surface area (Å²) >= 11 is 0. The van der Waals surface area contributed by atoms with E-state index in [0.717, 1.165) is 11.1 Å². The molecule has 3 rings (SSSR count). The number of ether oxygens (including phenoxy) is 1. The Labute approximate surface area is 147 Å². The van der Waals surface area contributed by atoms with Crippen molar-refractivity contribution in [3.8, 4) is 11.5 Å². The number of carbonyl (C=O) groups excluding carboxylic acids is 1. The molecule has 0 aliphatic heterocycles. The maximum absolute atomic E-state index is 11.4. The number of benzene rings is 3. The van der Waals surface area contributed by atoms with Crippen LogP contribution in [0.4, 0.5) is 0 Å². The minimum Gasteiger partial charge on any atom is -0.507 e. The van der Waals surface area contributed by atoms with Gasteiger partial charge in [-0.2, -0.15) is 0 Å². The fourth-order valence-electron chi connectivity index (χ4n) is 3.24. The van der Waals surface area contributed by atoms with Crippen molar-refractivity contribution >= 4 is 6.29 Å². The molecule has 0 unspecified atom stereocenters. The highest BCUT2D eigenvalue weighted by Gasteiger charge is 2.34. The summed E-state index contributed by atoms with van der Waals surface area (Å²) < 4.78 is 5.35. The molecule has 0 saturated carbocycles. The highest BCUT2D eigenvalue weighted by atomic mass is 16.5. The molecule has 1 N–H and O–H groups in total. The van der Waals surface area contributed by atoms with Crippen LogP contribution >= 0.6 is 0 Å². The van der Waals surface area contributed by atoms with E-state index in [0.29, 0.717) is 17.6 Å². The molecule has 3 nitrogen and oxygen atoms in total. The molecular weight excluding hydrogens is 312 g/mol. The summed E-state index contributed by atoms with van der Waals surface area (Å²) in [6.07, 6.45) is 0.651. The average Bonchev–Trinajstić information content (AvgIpc) is 2.69. The number of rotatable bonds is 5. The number of methoxy groups -OCH3 is 1. The Kier molecular flexibility index (Phi) is 4.57. The first-order chi connectivity index (χ1) is 12.1. The van der Waals surface area contributed by atoms with Gasteiger partial charge in [-0.15, -0.1) is 0 Å². The molecule has 126 valence electrons. The van der Waals surface area contributed by atoms with Gasteiger partial charge in [0.2, 0.25) is 0 Å². The van der Waals surface area contributed by atoms with Crippen LogP contribution < -0.4 is 4.74 Å². The van der Waals surface area contributed by atoms with Gasteiger partial charge in [-0.05, 0) is 30.2 Å². The second-order valence-corrected chi connectivity index (χ2v) is 6.09. The lowest BCUT2D eigenvalue weighted by molar-refractivity contribution is 0.112. The van der Waals surface area contributed by atoms with E-state index in [2.05, 4.69) is 0 Å². The fraction of sp³-hybridized carbons (Fsp3) is 0.136. The lowest BCUT2D eigenvalue weighted by Crippen LogP contribution is -2.25. The van der Waals surface area contributed by atoms with Crippen molar-refractivity contribution in [3.05, 3.63) is 95.1 Å². The van der Waals surface area contributed by atoms with Gasteiger partial charge in [0.15, 0.2) is 6.29 Å². The number of hydrogen-bond acceptors (Lipinski definition) is 3. The number of hydrogen-bond donors (Lipinski definition) is 1. The first kappa shape index (κ1) is 16.8. The van der Waals surface area contributed by atoms with Crippen LogP contribution in [0.3, 0.4) is 0 Å². The normalized spacial score (nSPS) is 11.1. The summed E-state index contributed by atoms with van der Waals surface area (Å²) in [5.41, 5.74) is 2.24. The average molecular weight is 332 g/mol. The van der Waals surface area contributed by atoms with Gasteiger partial charge in [0.1, 0.15) is 11.5 Å². The lowest BCUT2D eigenvalue weighted by atomic mass is 9.70. The Hall–Kier alpha value is -3.07. The van der Waals surface area contributed by atoms with Crippen molar-refractivity contribution in [1.29, 1.82) is 0 Å². The maximum atomic E-state index is 11.4. The van der Waals surface area contributed by atoms with Crippen LogP contribution in [0.5, 0.6) is 11.5 Å². The molecule has 0 radical (unpaired) electrons. The van der Waals surface area contributed by atoms with E-state index in [9.17, 15) is 9.90 Å². The quantitative estimate of drug-likeness (QED) is 0.550. The Bertz CT molecular complexity index is 831. The molecule has 3 heteroatoms. The number of phenolic OH excluding ortho intramolecular Hbond substituents is 1. The molecule has 0 heterocycles. The zero-order chi connectivity index (χ0) is 17.9. The second kappa shape index (κ2) is 6.81. The van der Waals surface area contributed by atoms with Crippen molar-refractivity contribution in [2.24, 2.45) is 0 Å². The van der Waals surface area contributed by atoms with Crippen molar-refractivity contribution < 1.29 is 14.6 Å². The Balaban J connectivity index is 2.36. The van der Waals surface area contributed by atoms with E-state index < -0.39 is 5.41 Å². The molecule has 25 heavy (non-hydrogen) atoms. The summed E-state index contributed by atoms with van der Waals surface area (Å²) in [5, 5.41) is 10.8. The highest BCUT2D eigenvalue weighted by Crippen LogP contribution is 2.45. The van der Waals surface area contributed by atoms with E-state index in [4.69, 9.17) is 4.74 Å². The van der Waals surface area contributed by atoms with Gasteiger partial charge < -0.3 is 9.84 Å².